The van der Waals surface area contributed by atoms with Gasteiger partial charge >= 0.3 is 5.97 Å². The molecule has 0 amide bonds. The molecule has 0 spiro atoms. The SMILES string of the molecule is COC(=O)c1cccc(CSCC(C)N)n1. The fourth-order valence-electron chi connectivity index (χ4n) is 1.13. The number of rotatable bonds is 5. The summed E-state index contributed by atoms with van der Waals surface area (Å²) in [5.41, 5.74) is 6.86. The number of hydrogen-bond donors (Lipinski definition) is 1. The average molecular weight is 240 g/mol. The molecule has 0 fully saturated rings. The molecule has 0 aliphatic carbocycles. The van der Waals surface area contributed by atoms with E-state index >= 15 is 0 Å². The van der Waals surface area contributed by atoms with Gasteiger partial charge in [0, 0.05) is 17.5 Å². The topological polar surface area (TPSA) is 65.2 Å². The number of pyridine rings is 1. The van der Waals surface area contributed by atoms with Crippen LogP contribution in [-0.2, 0) is 10.5 Å². The Labute approximate surface area is 99.6 Å². The molecule has 0 saturated heterocycles. The molecule has 1 aromatic heterocycles. The largest absolute Gasteiger partial charge is 0.464 e. The van der Waals surface area contributed by atoms with Crippen molar-refractivity contribution < 1.29 is 9.53 Å². The maximum Gasteiger partial charge on any atom is 0.356 e. The molecule has 1 aromatic rings. The third kappa shape index (κ3) is 4.20. The van der Waals surface area contributed by atoms with Crippen molar-refractivity contribution in [2.45, 2.75) is 18.7 Å². The Kier molecular flexibility index (Phi) is 5.28. The van der Waals surface area contributed by atoms with Gasteiger partial charge in [0.05, 0.1) is 12.8 Å². The summed E-state index contributed by atoms with van der Waals surface area (Å²) in [5.74, 6) is 1.23. The summed E-state index contributed by atoms with van der Waals surface area (Å²) in [6.07, 6.45) is 0. The number of carbonyl (C=O) groups is 1. The lowest BCUT2D eigenvalue weighted by atomic mass is 10.3. The van der Waals surface area contributed by atoms with E-state index < -0.39 is 5.97 Å². The second kappa shape index (κ2) is 6.50. The maximum atomic E-state index is 11.2. The molecule has 0 radical (unpaired) electrons. The van der Waals surface area contributed by atoms with E-state index in [-0.39, 0.29) is 6.04 Å². The van der Waals surface area contributed by atoms with E-state index in [2.05, 4.69) is 9.72 Å². The van der Waals surface area contributed by atoms with Gasteiger partial charge in [-0.15, -0.1) is 0 Å². The van der Waals surface area contributed by atoms with Crippen LogP contribution in [-0.4, -0.2) is 29.9 Å². The number of carbonyl (C=O) groups excluding carboxylic acids is 1. The van der Waals surface area contributed by atoms with E-state index in [1.54, 1.807) is 23.9 Å². The highest BCUT2D eigenvalue weighted by molar-refractivity contribution is 7.98. The minimum Gasteiger partial charge on any atom is -0.464 e. The van der Waals surface area contributed by atoms with Gasteiger partial charge in [-0.3, -0.25) is 0 Å². The summed E-state index contributed by atoms with van der Waals surface area (Å²) in [6, 6.07) is 5.52. The van der Waals surface area contributed by atoms with E-state index in [9.17, 15) is 4.79 Å². The highest BCUT2D eigenvalue weighted by Gasteiger charge is 2.07. The molecule has 2 N–H and O–H groups in total. The van der Waals surface area contributed by atoms with E-state index in [1.807, 2.05) is 13.0 Å². The van der Waals surface area contributed by atoms with E-state index in [1.165, 1.54) is 7.11 Å². The van der Waals surface area contributed by atoms with Crippen LogP contribution in [0.3, 0.4) is 0 Å². The first-order valence-corrected chi connectivity index (χ1v) is 6.16. The molecule has 0 bridgehead atoms. The van der Waals surface area contributed by atoms with Crippen LogP contribution in [0.5, 0.6) is 0 Å². The van der Waals surface area contributed by atoms with Crippen LogP contribution in [0.25, 0.3) is 0 Å². The van der Waals surface area contributed by atoms with E-state index in [0.29, 0.717) is 5.69 Å². The standard InChI is InChI=1S/C11H16N2O2S/c1-8(12)6-16-7-9-4-3-5-10(13-9)11(14)15-2/h3-5,8H,6-7,12H2,1-2H3. The minimum absolute atomic E-state index is 0.175. The average Bonchev–Trinajstić information content (AvgIpc) is 2.28. The normalized spacial score (nSPS) is 12.2. The van der Waals surface area contributed by atoms with Crippen molar-refractivity contribution in [1.29, 1.82) is 0 Å². The molecule has 5 heteroatoms. The smallest absolute Gasteiger partial charge is 0.356 e. The Balaban J connectivity index is 2.57. The lowest BCUT2D eigenvalue weighted by Gasteiger charge is -2.05. The summed E-state index contributed by atoms with van der Waals surface area (Å²) >= 11 is 1.70. The molecule has 4 nitrogen and oxygen atoms in total. The Bertz CT molecular complexity index is 356. The van der Waals surface area contributed by atoms with Crippen molar-refractivity contribution in [2.24, 2.45) is 5.73 Å². The maximum absolute atomic E-state index is 11.2. The first-order chi connectivity index (χ1) is 7.63. The summed E-state index contributed by atoms with van der Waals surface area (Å²) < 4.78 is 4.61. The number of nitrogens with zero attached hydrogens (tertiary/aromatic N) is 1. The molecule has 1 heterocycles. The summed E-state index contributed by atoms with van der Waals surface area (Å²) in [6.45, 7) is 1.96. The van der Waals surface area contributed by atoms with Crippen molar-refractivity contribution >= 4 is 17.7 Å². The van der Waals surface area contributed by atoms with Crippen LogP contribution in [0.15, 0.2) is 18.2 Å². The lowest BCUT2D eigenvalue weighted by Crippen LogP contribution is -2.17. The van der Waals surface area contributed by atoms with Gasteiger partial charge in [0.15, 0.2) is 0 Å². The Morgan fingerprint density at radius 3 is 3.00 bits per heavy atom. The highest BCUT2D eigenvalue weighted by Crippen LogP contribution is 2.11. The van der Waals surface area contributed by atoms with Crippen molar-refractivity contribution in [1.82, 2.24) is 4.98 Å². The molecule has 1 rings (SSSR count). The van der Waals surface area contributed by atoms with Gasteiger partial charge in [-0.05, 0) is 19.1 Å². The van der Waals surface area contributed by atoms with Gasteiger partial charge in [-0.2, -0.15) is 11.8 Å². The number of ether oxygens (including phenoxy) is 1. The zero-order chi connectivity index (χ0) is 12.0. The first-order valence-electron chi connectivity index (χ1n) is 5.01. The van der Waals surface area contributed by atoms with Gasteiger partial charge in [-0.1, -0.05) is 6.07 Å². The lowest BCUT2D eigenvalue weighted by molar-refractivity contribution is 0.0594. The number of methoxy groups -OCH3 is 1. The predicted octanol–water partition coefficient (Wildman–Crippen LogP) is 1.45. The molecular weight excluding hydrogens is 224 g/mol. The van der Waals surface area contributed by atoms with Crippen LogP contribution >= 0.6 is 11.8 Å². The third-order valence-electron chi connectivity index (χ3n) is 1.83. The van der Waals surface area contributed by atoms with Crippen LogP contribution < -0.4 is 5.73 Å². The third-order valence-corrected chi connectivity index (χ3v) is 3.09. The van der Waals surface area contributed by atoms with E-state index in [0.717, 1.165) is 17.2 Å². The Morgan fingerprint density at radius 1 is 1.62 bits per heavy atom. The summed E-state index contributed by atoms with van der Waals surface area (Å²) in [5, 5.41) is 0. The van der Waals surface area contributed by atoms with E-state index in [4.69, 9.17) is 5.73 Å². The van der Waals surface area contributed by atoms with Gasteiger partial charge in [0.2, 0.25) is 0 Å². The van der Waals surface area contributed by atoms with Crippen molar-refractivity contribution in [3.8, 4) is 0 Å². The molecule has 1 unspecified atom stereocenters. The molecule has 88 valence electrons. The summed E-state index contributed by atoms with van der Waals surface area (Å²) in [4.78, 5) is 15.4. The molecule has 0 aromatic carbocycles. The molecule has 0 saturated carbocycles. The molecule has 0 aliphatic rings. The fourth-order valence-corrected chi connectivity index (χ4v) is 1.99. The quantitative estimate of drug-likeness (QED) is 0.789. The number of thioether (sulfide) groups is 1. The van der Waals surface area contributed by atoms with Gasteiger partial charge in [0.25, 0.3) is 0 Å². The summed E-state index contributed by atoms with van der Waals surface area (Å²) in [7, 11) is 1.35. The second-order valence-corrected chi connectivity index (χ2v) is 4.53. The molecule has 0 aliphatic heterocycles. The Hall–Kier alpha value is -1.07. The number of aromatic nitrogens is 1. The minimum atomic E-state index is -0.404. The zero-order valence-electron chi connectivity index (χ0n) is 9.47. The zero-order valence-corrected chi connectivity index (χ0v) is 10.3. The van der Waals surface area contributed by atoms with Crippen LogP contribution in [0.1, 0.15) is 23.1 Å². The van der Waals surface area contributed by atoms with Crippen LogP contribution in [0.2, 0.25) is 0 Å². The number of hydrogen-bond acceptors (Lipinski definition) is 5. The van der Waals surface area contributed by atoms with Gasteiger partial charge in [0.1, 0.15) is 5.69 Å². The van der Waals surface area contributed by atoms with Crippen molar-refractivity contribution in [3.63, 3.8) is 0 Å². The molecule has 1 atom stereocenters. The molecule has 16 heavy (non-hydrogen) atoms. The fraction of sp³-hybridized carbons (Fsp3) is 0.455. The van der Waals surface area contributed by atoms with Gasteiger partial charge in [-0.25, -0.2) is 9.78 Å². The Morgan fingerprint density at radius 2 is 2.38 bits per heavy atom. The number of nitrogens with two attached hydrogens (primary N) is 1. The molecular formula is C11H16N2O2S. The predicted molar refractivity (Wildman–Crippen MR) is 65.4 cm³/mol. The van der Waals surface area contributed by atoms with Crippen LogP contribution in [0.4, 0.5) is 0 Å². The van der Waals surface area contributed by atoms with Crippen LogP contribution in [0, 0.1) is 0 Å². The van der Waals surface area contributed by atoms with Crippen molar-refractivity contribution in [2.75, 3.05) is 12.9 Å². The first kappa shape index (κ1) is 13.0. The second-order valence-electron chi connectivity index (χ2n) is 3.50. The van der Waals surface area contributed by atoms with Gasteiger partial charge < -0.3 is 10.5 Å². The number of esters is 1. The highest BCUT2D eigenvalue weighted by atomic mass is 32.2. The van der Waals surface area contributed by atoms with Crippen molar-refractivity contribution in [3.05, 3.63) is 29.6 Å². The monoisotopic (exact) mass is 240 g/mol.